The number of phenols is 1. The van der Waals surface area contributed by atoms with Crippen molar-refractivity contribution in [2.75, 3.05) is 19.4 Å². The Hall–Kier alpha value is -1.11. The maximum absolute atomic E-state index is 12.7. The normalized spacial score (nSPS) is 21.5. The fourth-order valence-electron chi connectivity index (χ4n) is 3.33. The van der Waals surface area contributed by atoms with Crippen molar-refractivity contribution in [1.29, 1.82) is 0 Å². The summed E-state index contributed by atoms with van der Waals surface area (Å²) < 4.78 is 32.2. The number of benzene rings is 1. The van der Waals surface area contributed by atoms with Crippen molar-refractivity contribution < 1.29 is 18.3 Å². The highest BCUT2D eigenvalue weighted by Crippen LogP contribution is 2.53. The van der Waals surface area contributed by atoms with Gasteiger partial charge in [0.15, 0.2) is 0 Å². The van der Waals surface area contributed by atoms with Gasteiger partial charge >= 0.3 is 0 Å². The van der Waals surface area contributed by atoms with E-state index in [1.165, 1.54) is 0 Å². The number of hydrogen-bond acceptors (Lipinski definition) is 4. The molecule has 1 aromatic rings. The molecule has 1 N–H and O–H groups in total. The van der Waals surface area contributed by atoms with E-state index in [-0.39, 0.29) is 23.0 Å². The minimum atomic E-state index is -3.34. The first-order valence-electron chi connectivity index (χ1n) is 7.73. The summed E-state index contributed by atoms with van der Waals surface area (Å²) in [6.07, 6.45) is 2.38. The van der Waals surface area contributed by atoms with Crippen LogP contribution in [0.5, 0.6) is 5.75 Å². The van der Waals surface area contributed by atoms with Gasteiger partial charge in [0.2, 0.25) is 10.0 Å². The van der Waals surface area contributed by atoms with Gasteiger partial charge < -0.3 is 9.84 Å². The average Bonchev–Trinajstić information content (AvgIpc) is 3.25. The molecular weight excluding hydrogens is 302 g/mol. The Morgan fingerprint density at radius 2 is 2.14 bits per heavy atom. The van der Waals surface area contributed by atoms with Crippen LogP contribution in [0.1, 0.15) is 37.3 Å². The lowest BCUT2D eigenvalue weighted by molar-refractivity contribution is 0.116. The van der Waals surface area contributed by atoms with E-state index in [0.29, 0.717) is 19.5 Å². The summed E-state index contributed by atoms with van der Waals surface area (Å²) in [6, 6.07) is 5.28. The predicted octanol–water partition coefficient (Wildman–Crippen LogP) is 1.99. The van der Waals surface area contributed by atoms with Crippen LogP contribution in [-0.4, -0.2) is 43.3 Å². The van der Waals surface area contributed by atoms with Crippen LogP contribution in [0.15, 0.2) is 18.2 Å². The molecule has 5 nitrogen and oxygen atoms in total. The number of ether oxygens (including phenoxy) is 1. The Kier molecular flexibility index (Phi) is 3.95. The Labute approximate surface area is 131 Å². The molecule has 1 heterocycles. The molecule has 1 spiro atoms. The van der Waals surface area contributed by atoms with E-state index in [1.54, 1.807) is 23.5 Å². The number of sulfonamides is 1. The van der Waals surface area contributed by atoms with Gasteiger partial charge in [0.25, 0.3) is 0 Å². The Bertz CT molecular complexity index is 663. The number of nitrogens with zero attached hydrogens (tertiary/aromatic N) is 1. The number of fused-ring (bicyclic) bond motifs is 2. The highest BCUT2D eigenvalue weighted by molar-refractivity contribution is 7.89. The van der Waals surface area contributed by atoms with Crippen molar-refractivity contribution in [2.45, 2.75) is 44.2 Å². The molecule has 2 aliphatic rings. The van der Waals surface area contributed by atoms with Gasteiger partial charge in [0.05, 0.1) is 11.9 Å². The van der Waals surface area contributed by atoms with Crippen molar-refractivity contribution in [1.82, 2.24) is 4.31 Å². The summed E-state index contributed by atoms with van der Waals surface area (Å²) in [4.78, 5) is 0. The van der Waals surface area contributed by atoms with Gasteiger partial charge in [-0.3, -0.25) is 0 Å². The number of methoxy groups -OCH3 is 1. The zero-order valence-corrected chi connectivity index (χ0v) is 13.9. The van der Waals surface area contributed by atoms with Gasteiger partial charge in [-0.05, 0) is 42.5 Å². The molecule has 1 aliphatic carbocycles. The summed E-state index contributed by atoms with van der Waals surface area (Å²) in [7, 11) is -1.79. The summed E-state index contributed by atoms with van der Waals surface area (Å²) in [5.74, 6) is 0.288. The van der Waals surface area contributed by atoms with Gasteiger partial charge in [0, 0.05) is 25.6 Å². The molecule has 0 aromatic heterocycles. The molecule has 6 heteroatoms. The molecule has 0 bridgehead atoms. The first kappa shape index (κ1) is 15.8. The molecule has 0 saturated heterocycles. The fraction of sp³-hybridized carbons (Fsp3) is 0.625. The summed E-state index contributed by atoms with van der Waals surface area (Å²) >= 11 is 0. The summed E-state index contributed by atoms with van der Waals surface area (Å²) in [5.41, 5.74) is 2.04. The van der Waals surface area contributed by atoms with Crippen molar-refractivity contribution in [3.8, 4) is 5.75 Å². The number of rotatable bonds is 5. The highest BCUT2D eigenvalue weighted by Gasteiger charge is 2.51. The van der Waals surface area contributed by atoms with Crippen LogP contribution in [0.4, 0.5) is 0 Å². The highest BCUT2D eigenvalue weighted by atomic mass is 32.2. The van der Waals surface area contributed by atoms with Gasteiger partial charge in [-0.25, -0.2) is 8.42 Å². The second kappa shape index (κ2) is 5.51. The Morgan fingerprint density at radius 1 is 1.41 bits per heavy atom. The molecule has 22 heavy (non-hydrogen) atoms. The zero-order valence-electron chi connectivity index (χ0n) is 13.1. The third kappa shape index (κ3) is 2.75. The van der Waals surface area contributed by atoms with Crippen LogP contribution in [0.3, 0.4) is 0 Å². The molecule has 1 aliphatic heterocycles. The predicted molar refractivity (Wildman–Crippen MR) is 84.3 cm³/mol. The van der Waals surface area contributed by atoms with Gasteiger partial charge in [-0.15, -0.1) is 0 Å². The maximum atomic E-state index is 12.7. The van der Waals surface area contributed by atoms with Crippen LogP contribution in [-0.2, 0) is 26.7 Å². The smallest absolute Gasteiger partial charge is 0.216 e. The van der Waals surface area contributed by atoms with Gasteiger partial charge in [-0.2, -0.15) is 4.31 Å². The first-order valence-corrected chi connectivity index (χ1v) is 9.34. The summed E-state index contributed by atoms with van der Waals surface area (Å²) in [6.45, 7) is 2.84. The van der Waals surface area contributed by atoms with Crippen molar-refractivity contribution in [3.63, 3.8) is 0 Å². The Morgan fingerprint density at radius 3 is 2.73 bits per heavy atom. The first-order chi connectivity index (χ1) is 10.4. The van der Waals surface area contributed by atoms with E-state index in [9.17, 15) is 13.5 Å². The molecule has 3 rings (SSSR count). The monoisotopic (exact) mass is 325 g/mol. The van der Waals surface area contributed by atoms with Crippen molar-refractivity contribution in [2.24, 2.45) is 0 Å². The molecule has 1 saturated carbocycles. The standard InChI is InChI=1S/C16H23NO4S/c1-3-14(21-2)10-22(19,20)17-9-12-4-5-13(18)8-15(12)16(11-17)6-7-16/h4-5,8,14,18H,3,6-7,9-11H2,1-2H3. The van der Waals surface area contributed by atoms with Crippen LogP contribution in [0.25, 0.3) is 0 Å². The molecule has 1 atom stereocenters. The molecule has 122 valence electrons. The lowest BCUT2D eigenvalue weighted by Gasteiger charge is -2.35. The van der Waals surface area contributed by atoms with E-state index in [4.69, 9.17) is 4.74 Å². The molecule has 1 unspecified atom stereocenters. The van der Waals surface area contributed by atoms with Crippen LogP contribution in [0.2, 0.25) is 0 Å². The fourth-order valence-corrected chi connectivity index (χ4v) is 5.16. The zero-order chi connectivity index (χ0) is 16.0. The molecule has 1 aromatic carbocycles. The molecular formula is C16H23NO4S. The van der Waals surface area contributed by atoms with E-state index in [2.05, 4.69) is 0 Å². The quantitative estimate of drug-likeness (QED) is 0.899. The largest absolute Gasteiger partial charge is 0.508 e. The van der Waals surface area contributed by atoms with Crippen LogP contribution in [0, 0.1) is 0 Å². The second-order valence-electron chi connectivity index (χ2n) is 6.43. The third-order valence-electron chi connectivity index (χ3n) is 4.92. The Balaban J connectivity index is 1.88. The maximum Gasteiger partial charge on any atom is 0.216 e. The topological polar surface area (TPSA) is 66.8 Å². The lowest BCUT2D eigenvalue weighted by Crippen LogP contribution is -2.44. The van der Waals surface area contributed by atoms with Gasteiger partial charge in [-0.1, -0.05) is 13.0 Å². The number of aromatic hydroxyl groups is 1. The van der Waals surface area contributed by atoms with Crippen molar-refractivity contribution in [3.05, 3.63) is 29.3 Å². The van der Waals surface area contributed by atoms with Crippen LogP contribution >= 0.6 is 0 Å². The summed E-state index contributed by atoms with van der Waals surface area (Å²) in [5, 5.41) is 9.71. The molecule has 1 fully saturated rings. The third-order valence-corrected chi connectivity index (χ3v) is 6.76. The van der Waals surface area contributed by atoms with E-state index in [0.717, 1.165) is 24.0 Å². The van der Waals surface area contributed by atoms with Crippen LogP contribution < -0.4 is 0 Å². The molecule has 0 radical (unpaired) electrons. The van der Waals surface area contributed by atoms with E-state index in [1.807, 2.05) is 13.0 Å². The van der Waals surface area contributed by atoms with E-state index < -0.39 is 10.0 Å². The molecule has 0 amide bonds. The van der Waals surface area contributed by atoms with Gasteiger partial charge in [0.1, 0.15) is 5.75 Å². The SMILES string of the molecule is CCC(CS(=O)(=O)N1Cc2ccc(O)cc2C2(CC2)C1)OC. The van der Waals surface area contributed by atoms with Crippen molar-refractivity contribution >= 4 is 10.0 Å². The lowest BCUT2D eigenvalue weighted by atomic mass is 9.88. The average molecular weight is 325 g/mol. The second-order valence-corrected chi connectivity index (χ2v) is 8.45. The minimum Gasteiger partial charge on any atom is -0.508 e. The number of phenolic OH excluding ortho intramolecular Hbond substituents is 1. The minimum absolute atomic E-state index is 0.0312. The number of hydrogen-bond donors (Lipinski definition) is 1. The van der Waals surface area contributed by atoms with E-state index >= 15 is 0 Å².